The first kappa shape index (κ1) is 13.2. The lowest BCUT2D eigenvalue weighted by atomic mass is 10.4. The van der Waals surface area contributed by atoms with Gasteiger partial charge in [-0.1, -0.05) is 23.2 Å². The van der Waals surface area contributed by atoms with E-state index in [0.29, 0.717) is 0 Å². The van der Waals surface area contributed by atoms with E-state index in [-0.39, 0.29) is 14.9 Å². The second kappa shape index (κ2) is 5.01. The monoisotopic (exact) mass is 283 g/mol. The minimum atomic E-state index is -3.96. The number of carbonyl (C=O) groups is 1. The highest BCUT2D eigenvalue weighted by Crippen LogP contribution is 2.24. The highest BCUT2D eigenvalue weighted by molar-refractivity contribution is 7.89. The number of hydrogen-bond donors (Lipinski definition) is 2. The van der Waals surface area contributed by atoms with E-state index in [9.17, 15) is 13.2 Å². The fourth-order valence-electron chi connectivity index (χ4n) is 0.918. The maximum atomic E-state index is 11.6. The molecule has 1 aromatic carbocycles. The molecule has 2 N–H and O–H groups in total. The number of hydrogen-bond acceptors (Lipinski definition) is 3. The quantitative estimate of drug-likeness (QED) is 0.874. The Labute approximate surface area is 102 Å². The van der Waals surface area contributed by atoms with Crippen molar-refractivity contribution >= 4 is 39.2 Å². The van der Waals surface area contributed by atoms with Crippen LogP contribution in [0.2, 0.25) is 10.0 Å². The first-order valence-corrected chi connectivity index (χ1v) is 6.23. The van der Waals surface area contributed by atoms with Crippen LogP contribution in [0.5, 0.6) is 0 Å². The molecule has 0 aliphatic rings. The van der Waals surface area contributed by atoms with Crippen LogP contribution in [-0.4, -0.2) is 26.0 Å². The Morgan fingerprint density at radius 3 is 2.56 bits per heavy atom. The molecular weight excluding hydrogens is 277 g/mol. The SMILES string of the molecule is O=C(O)CNS(=O)(=O)c1cc(Cl)ccc1Cl. The summed E-state index contributed by atoms with van der Waals surface area (Å²) in [4.78, 5) is 10.00. The Bertz CT molecular complexity index is 515. The van der Waals surface area contributed by atoms with Crippen molar-refractivity contribution in [3.8, 4) is 0 Å². The van der Waals surface area contributed by atoms with Crippen molar-refractivity contribution in [2.45, 2.75) is 4.90 Å². The lowest BCUT2D eigenvalue weighted by molar-refractivity contribution is -0.135. The summed E-state index contributed by atoms with van der Waals surface area (Å²) in [6, 6.07) is 3.90. The number of nitrogens with one attached hydrogen (secondary N) is 1. The van der Waals surface area contributed by atoms with Crippen LogP contribution in [0.1, 0.15) is 0 Å². The van der Waals surface area contributed by atoms with Crippen molar-refractivity contribution in [2.24, 2.45) is 0 Å². The van der Waals surface area contributed by atoms with Crippen molar-refractivity contribution in [2.75, 3.05) is 6.54 Å². The molecule has 8 heteroatoms. The van der Waals surface area contributed by atoms with Gasteiger partial charge in [0.15, 0.2) is 0 Å². The average molecular weight is 284 g/mol. The second-order valence-electron chi connectivity index (χ2n) is 2.79. The molecule has 0 atom stereocenters. The van der Waals surface area contributed by atoms with Crippen LogP contribution in [0.3, 0.4) is 0 Å². The fraction of sp³-hybridized carbons (Fsp3) is 0.125. The smallest absolute Gasteiger partial charge is 0.318 e. The van der Waals surface area contributed by atoms with Gasteiger partial charge < -0.3 is 5.11 Å². The second-order valence-corrected chi connectivity index (χ2v) is 5.37. The molecule has 1 rings (SSSR count). The zero-order chi connectivity index (χ0) is 12.3. The van der Waals surface area contributed by atoms with Crippen LogP contribution in [0, 0.1) is 0 Å². The van der Waals surface area contributed by atoms with E-state index in [1.54, 1.807) is 0 Å². The molecule has 0 spiro atoms. The maximum absolute atomic E-state index is 11.6. The van der Waals surface area contributed by atoms with Gasteiger partial charge in [0.05, 0.1) is 5.02 Å². The fourth-order valence-corrected chi connectivity index (χ4v) is 2.65. The maximum Gasteiger partial charge on any atom is 0.318 e. The number of carboxylic acids is 1. The van der Waals surface area contributed by atoms with Crippen LogP contribution in [0.25, 0.3) is 0 Å². The molecular formula is C8H7Cl2NO4S. The molecule has 16 heavy (non-hydrogen) atoms. The Hall–Kier alpha value is -0.820. The van der Waals surface area contributed by atoms with Crippen LogP contribution in [-0.2, 0) is 14.8 Å². The molecule has 0 heterocycles. The van der Waals surface area contributed by atoms with E-state index in [1.165, 1.54) is 12.1 Å². The van der Waals surface area contributed by atoms with E-state index in [2.05, 4.69) is 0 Å². The summed E-state index contributed by atoms with van der Waals surface area (Å²) in [5, 5.41) is 8.53. The minimum Gasteiger partial charge on any atom is -0.480 e. The summed E-state index contributed by atoms with van der Waals surface area (Å²) in [7, 11) is -3.96. The molecule has 0 amide bonds. The number of sulfonamides is 1. The van der Waals surface area contributed by atoms with Gasteiger partial charge >= 0.3 is 5.97 Å². The van der Waals surface area contributed by atoms with E-state index in [4.69, 9.17) is 28.3 Å². The zero-order valence-electron chi connectivity index (χ0n) is 7.78. The third kappa shape index (κ3) is 3.34. The Morgan fingerprint density at radius 1 is 1.38 bits per heavy atom. The van der Waals surface area contributed by atoms with Crippen LogP contribution < -0.4 is 4.72 Å². The van der Waals surface area contributed by atoms with E-state index in [0.717, 1.165) is 6.07 Å². The molecule has 0 saturated carbocycles. The Morgan fingerprint density at radius 2 is 2.00 bits per heavy atom. The van der Waals surface area contributed by atoms with Gasteiger partial charge in [-0.05, 0) is 18.2 Å². The summed E-state index contributed by atoms with van der Waals surface area (Å²) < 4.78 is 25.1. The molecule has 0 saturated heterocycles. The Kier molecular flexibility index (Phi) is 4.15. The molecule has 0 fully saturated rings. The minimum absolute atomic E-state index is 0.0257. The molecule has 0 radical (unpaired) electrons. The average Bonchev–Trinajstić information content (AvgIpc) is 2.19. The lowest BCUT2D eigenvalue weighted by Gasteiger charge is -2.06. The molecule has 1 aromatic rings. The topological polar surface area (TPSA) is 83.5 Å². The number of carboxylic acid groups (broad SMARTS) is 1. The van der Waals surface area contributed by atoms with Crippen molar-refractivity contribution in [1.82, 2.24) is 4.72 Å². The third-order valence-electron chi connectivity index (χ3n) is 1.60. The summed E-state index contributed by atoms with van der Waals surface area (Å²) >= 11 is 11.3. The molecule has 0 unspecified atom stereocenters. The van der Waals surface area contributed by atoms with Crippen molar-refractivity contribution in [1.29, 1.82) is 0 Å². The van der Waals surface area contributed by atoms with E-state index in [1.807, 2.05) is 4.72 Å². The van der Waals surface area contributed by atoms with Gasteiger partial charge in [0.2, 0.25) is 10.0 Å². The lowest BCUT2D eigenvalue weighted by Crippen LogP contribution is -2.29. The zero-order valence-corrected chi connectivity index (χ0v) is 10.1. The Balaban J connectivity index is 3.07. The summed E-state index contributed by atoms with van der Waals surface area (Å²) in [6.07, 6.45) is 0. The molecule has 0 aliphatic carbocycles. The van der Waals surface area contributed by atoms with Gasteiger partial charge in [-0.25, -0.2) is 8.42 Å². The summed E-state index contributed by atoms with van der Waals surface area (Å²) in [6.45, 7) is -0.717. The predicted octanol–water partition coefficient (Wildman–Crippen LogP) is 1.36. The third-order valence-corrected chi connectivity index (χ3v) is 3.71. The van der Waals surface area contributed by atoms with Gasteiger partial charge in [0.25, 0.3) is 0 Å². The number of aliphatic carboxylic acids is 1. The van der Waals surface area contributed by atoms with Crippen LogP contribution in [0.15, 0.2) is 23.1 Å². The van der Waals surface area contributed by atoms with Gasteiger partial charge in [0, 0.05) is 5.02 Å². The van der Waals surface area contributed by atoms with Gasteiger partial charge in [-0.2, -0.15) is 4.72 Å². The van der Waals surface area contributed by atoms with Crippen molar-refractivity contribution in [3.63, 3.8) is 0 Å². The number of benzene rings is 1. The van der Waals surface area contributed by atoms with Gasteiger partial charge in [0.1, 0.15) is 11.4 Å². The summed E-state index contributed by atoms with van der Waals surface area (Å²) in [5.41, 5.74) is 0. The largest absolute Gasteiger partial charge is 0.480 e. The van der Waals surface area contributed by atoms with E-state index >= 15 is 0 Å². The molecule has 0 bridgehead atoms. The van der Waals surface area contributed by atoms with Crippen molar-refractivity contribution < 1.29 is 18.3 Å². The first-order valence-electron chi connectivity index (χ1n) is 3.99. The summed E-state index contributed by atoms with van der Waals surface area (Å²) in [5.74, 6) is -1.29. The highest BCUT2D eigenvalue weighted by Gasteiger charge is 2.18. The number of halogens is 2. The predicted molar refractivity (Wildman–Crippen MR) is 59.3 cm³/mol. The normalized spacial score (nSPS) is 11.4. The standard InChI is InChI=1S/C8H7Cl2NO4S/c9-5-1-2-6(10)7(3-5)16(14,15)11-4-8(12)13/h1-3,11H,4H2,(H,12,13). The number of rotatable bonds is 4. The van der Waals surface area contributed by atoms with Crippen molar-refractivity contribution in [3.05, 3.63) is 28.2 Å². The van der Waals surface area contributed by atoms with Crippen LogP contribution >= 0.6 is 23.2 Å². The first-order chi connectivity index (χ1) is 7.33. The van der Waals surface area contributed by atoms with Crippen LogP contribution in [0.4, 0.5) is 0 Å². The van der Waals surface area contributed by atoms with Gasteiger partial charge in [-0.15, -0.1) is 0 Å². The highest BCUT2D eigenvalue weighted by atomic mass is 35.5. The van der Waals surface area contributed by atoms with Gasteiger partial charge in [-0.3, -0.25) is 4.79 Å². The molecule has 5 nitrogen and oxygen atoms in total. The molecule has 88 valence electrons. The molecule has 0 aliphatic heterocycles. The van der Waals surface area contributed by atoms with E-state index < -0.39 is 22.5 Å². The molecule has 0 aromatic heterocycles.